The van der Waals surface area contributed by atoms with Crippen LogP contribution in [-0.4, -0.2) is 64.1 Å². The van der Waals surface area contributed by atoms with Crippen LogP contribution < -0.4 is 5.32 Å². The van der Waals surface area contributed by atoms with E-state index in [1.54, 1.807) is 0 Å². The fraction of sp³-hybridized carbons (Fsp3) is 0.789. The van der Waals surface area contributed by atoms with Gasteiger partial charge in [-0.3, -0.25) is 0 Å². The molecular formula is C19H33N5O. The van der Waals surface area contributed by atoms with E-state index in [0.717, 1.165) is 45.7 Å². The third-order valence-electron chi connectivity index (χ3n) is 5.76. The summed E-state index contributed by atoms with van der Waals surface area (Å²) >= 11 is 0. The molecule has 2 aliphatic heterocycles. The maximum absolute atomic E-state index is 12.5. The lowest BCUT2D eigenvalue weighted by Gasteiger charge is -2.36. The van der Waals surface area contributed by atoms with E-state index >= 15 is 0 Å². The molecule has 0 spiro atoms. The van der Waals surface area contributed by atoms with Gasteiger partial charge in [0.1, 0.15) is 0 Å². The summed E-state index contributed by atoms with van der Waals surface area (Å²) in [4.78, 5) is 21.2. The summed E-state index contributed by atoms with van der Waals surface area (Å²) in [5.41, 5.74) is 0. The van der Waals surface area contributed by atoms with Gasteiger partial charge in [-0.05, 0) is 64.5 Å². The molecule has 6 nitrogen and oxygen atoms in total. The molecule has 140 valence electrons. The largest absolute Gasteiger partial charge is 0.338 e. The number of aromatic nitrogens is 2. The molecule has 1 unspecified atom stereocenters. The number of urea groups is 1. The molecule has 2 saturated heterocycles. The monoisotopic (exact) mass is 347 g/mol. The lowest BCUT2D eigenvalue weighted by molar-refractivity contribution is 0.139. The van der Waals surface area contributed by atoms with Crippen molar-refractivity contribution in [3.05, 3.63) is 18.7 Å². The Hall–Kier alpha value is -1.56. The Balaban J connectivity index is 1.39. The summed E-state index contributed by atoms with van der Waals surface area (Å²) in [6.45, 7) is 10.4. The van der Waals surface area contributed by atoms with E-state index in [1.165, 1.54) is 19.3 Å². The lowest BCUT2D eigenvalue weighted by Crippen LogP contribution is -2.48. The SMILES string of the molecule is CC(C)N1CCC(CNC(=O)N2CCCC(Cn3ccnc3)C2)CC1. The molecule has 0 aliphatic carbocycles. The van der Waals surface area contributed by atoms with Crippen LogP contribution in [0.15, 0.2) is 18.7 Å². The number of likely N-dealkylation sites (tertiary alicyclic amines) is 2. The van der Waals surface area contributed by atoms with E-state index in [9.17, 15) is 4.79 Å². The second kappa shape index (κ2) is 8.70. The number of carbonyl (C=O) groups is 1. The number of imidazole rings is 1. The molecule has 1 atom stereocenters. The zero-order valence-corrected chi connectivity index (χ0v) is 15.7. The van der Waals surface area contributed by atoms with Crippen molar-refractivity contribution >= 4 is 6.03 Å². The summed E-state index contributed by atoms with van der Waals surface area (Å²) in [7, 11) is 0. The van der Waals surface area contributed by atoms with E-state index in [2.05, 4.69) is 33.6 Å². The summed E-state index contributed by atoms with van der Waals surface area (Å²) < 4.78 is 2.12. The number of hydrogen-bond donors (Lipinski definition) is 1. The molecule has 1 N–H and O–H groups in total. The number of piperidine rings is 2. The van der Waals surface area contributed by atoms with Crippen molar-refractivity contribution in [2.75, 3.05) is 32.7 Å². The van der Waals surface area contributed by atoms with Crippen LogP contribution in [0.2, 0.25) is 0 Å². The molecule has 2 aliphatic rings. The first kappa shape index (κ1) is 18.2. The number of nitrogens with zero attached hydrogens (tertiary/aromatic N) is 4. The minimum absolute atomic E-state index is 0.127. The average molecular weight is 348 g/mol. The van der Waals surface area contributed by atoms with Gasteiger partial charge in [0.25, 0.3) is 0 Å². The van der Waals surface area contributed by atoms with Gasteiger partial charge < -0.3 is 19.7 Å². The van der Waals surface area contributed by atoms with Gasteiger partial charge in [-0.25, -0.2) is 9.78 Å². The second-order valence-corrected chi connectivity index (χ2v) is 7.97. The van der Waals surface area contributed by atoms with Crippen molar-refractivity contribution in [2.45, 2.75) is 52.1 Å². The van der Waals surface area contributed by atoms with Crippen molar-refractivity contribution in [3.63, 3.8) is 0 Å². The maximum atomic E-state index is 12.5. The summed E-state index contributed by atoms with van der Waals surface area (Å²) in [5.74, 6) is 1.16. The van der Waals surface area contributed by atoms with Gasteiger partial charge in [-0.2, -0.15) is 0 Å². The highest BCUT2D eigenvalue weighted by atomic mass is 16.2. The predicted molar refractivity (Wildman–Crippen MR) is 99.4 cm³/mol. The van der Waals surface area contributed by atoms with E-state index in [0.29, 0.717) is 17.9 Å². The van der Waals surface area contributed by atoms with Crippen LogP contribution >= 0.6 is 0 Å². The Morgan fingerprint density at radius 2 is 2.00 bits per heavy atom. The highest BCUT2D eigenvalue weighted by molar-refractivity contribution is 5.74. The standard InChI is InChI=1S/C19H33N5O/c1-16(2)23-9-5-17(6-10-23)12-21-19(25)24-8-3-4-18(14-24)13-22-11-7-20-15-22/h7,11,15-18H,3-6,8-10,12-14H2,1-2H3,(H,21,25). The first-order valence-corrected chi connectivity index (χ1v) is 9.84. The van der Waals surface area contributed by atoms with E-state index in [-0.39, 0.29) is 6.03 Å². The van der Waals surface area contributed by atoms with Gasteiger partial charge in [-0.1, -0.05) is 0 Å². The molecule has 1 aromatic rings. The van der Waals surface area contributed by atoms with Crippen LogP contribution in [0.4, 0.5) is 4.79 Å². The van der Waals surface area contributed by atoms with Gasteiger partial charge in [0.2, 0.25) is 0 Å². The minimum atomic E-state index is 0.127. The van der Waals surface area contributed by atoms with Crippen molar-refractivity contribution in [1.82, 2.24) is 24.7 Å². The zero-order chi connectivity index (χ0) is 17.6. The summed E-state index contributed by atoms with van der Waals surface area (Å²) in [6, 6.07) is 0.762. The van der Waals surface area contributed by atoms with Gasteiger partial charge in [-0.15, -0.1) is 0 Å². The highest BCUT2D eigenvalue weighted by Gasteiger charge is 2.25. The fourth-order valence-electron chi connectivity index (χ4n) is 4.11. The number of carbonyl (C=O) groups excluding carboxylic acids is 1. The van der Waals surface area contributed by atoms with Crippen LogP contribution in [-0.2, 0) is 6.54 Å². The van der Waals surface area contributed by atoms with Crippen LogP contribution in [0.5, 0.6) is 0 Å². The molecule has 0 bridgehead atoms. The van der Waals surface area contributed by atoms with E-state index in [4.69, 9.17) is 0 Å². The van der Waals surface area contributed by atoms with Crippen LogP contribution in [0.1, 0.15) is 39.5 Å². The normalized spacial score (nSPS) is 23.2. The Bertz CT molecular complexity index is 522. The predicted octanol–water partition coefficient (Wildman–Crippen LogP) is 2.43. The van der Waals surface area contributed by atoms with Gasteiger partial charge in [0, 0.05) is 44.6 Å². The Kier molecular flexibility index (Phi) is 6.34. The first-order valence-electron chi connectivity index (χ1n) is 9.84. The molecule has 25 heavy (non-hydrogen) atoms. The third kappa shape index (κ3) is 5.21. The van der Waals surface area contributed by atoms with E-state index in [1.807, 2.05) is 23.6 Å². The van der Waals surface area contributed by atoms with Crippen LogP contribution in [0.3, 0.4) is 0 Å². The second-order valence-electron chi connectivity index (χ2n) is 7.97. The number of rotatable bonds is 5. The molecule has 6 heteroatoms. The number of nitrogens with one attached hydrogen (secondary N) is 1. The van der Waals surface area contributed by atoms with Crippen molar-refractivity contribution in [1.29, 1.82) is 0 Å². The molecule has 0 aromatic carbocycles. The van der Waals surface area contributed by atoms with Gasteiger partial charge >= 0.3 is 6.03 Å². The Morgan fingerprint density at radius 3 is 2.68 bits per heavy atom. The number of amides is 2. The number of hydrogen-bond acceptors (Lipinski definition) is 3. The molecule has 0 saturated carbocycles. The fourth-order valence-corrected chi connectivity index (χ4v) is 4.11. The maximum Gasteiger partial charge on any atom is 0.317 e. The molecule has 1 aromatic heterocycles. The Morgan fingerprint density at radius 1 is 1.20 bits per heavy atom. The van der Waals surface area contributed by atoms with Crippen LogP contribution in [0.25, 0.3) is 0 Å². The molecule has 2 amide bonds. The summed E-state index contributed by atoms with van der Waals surface area (Å²) in [6.07, 6.45) is 10.4. The molecule has 3 rings (SSSR count). The Labute approximate surface area is 151 Å². The smallest absolute Gasteiger partial charge is 0.317 e. The first-order chi connectivity index (χ1) is 12.1. The zero-order valence-electron chi connectivity index (χ0n) is 15.7. The lowest BCUT2D eigenvalue weighted by atomic mass is 9.96. The van der Waals surface area contributed by atoms with Crippen LogP contribution in [0, 0.1) is 11.8 Å². The van der Waals surface area contributed by atoms with Gasteiger partial charge in [0.15, 0.2) is 0 Å². The van der Waals surface area contributed by atoms with Gasteiger partial charge in [0.05, 0.1) is 6.33 Å². The molecule has 0 radical (unpaired) electrons. The van der Waals surface area contributed by atoms with E-state index < -0.39 is 0 Å². The topological polar surface area (TPSA) is 53.4 Å². The van der Waals surface area contributed by atoms with Crippen molar-refractivity contribution < 1.29 is 4.79 Å². The molecular weight excluding hydrogens is 314 g/mol. The quantitative estimate of drug-likeness (QED) is 0.890. The minimum Gasteiger partial charge on any atom is -0.338 e. The average Bonchev–Trinajstić information content (AvgIpc) is 3.13. The molecule has 2 fully saturated rings. The molecule has 3 heterocycles. The highest BCUT2D eigenvalue weighted by Crippen LogP contribution is 2.20. The van der Waals surface area contributed by atoms with Crippen molar-refractivity contribution in [3.8, 4) is 0 Å². The summed E-state index contributed by atoms with van der Waals surface area (Å²) in [5, 5.41) is 3.19. The third-order valence-corrected chi connectivity index (χ3v) is 5.76. The van der Waals surface area contributed by atoms with Crippen molar-refractivity contribution in [2.24, 2.45) is 11.8 Å².